The number of nitrogens with two attached hydrogens (primary N) is 1. The molecule has 1 aromatic carbocycles. The third-order valence-electron chi connectivity index (χ3n) is 4.50. The minimum atomic E-state index is -1.10. The second-order valence-electron chi connectivity index (χ2n) is 5.91. The minimum Gasteiger partial charge on any atom is -0.494 e. The summed E-state index contributed by atoms with van der Waals surface area (Å²) in [5, 5.41) is 0. The number of aryl methyl sites for hydroxylation is 1. The summed E-state index contributed by atoms with van der Waals surface area (Å²) in [6.07, 6.45) is 1.48. The summed E-state index contributed by atoms with van der Waals surface area (Å²) < 4.78 is 24.2. The average Bonchev–Trinajstić information content (AvgIpc) is 2.99. The van der Waals surface area contributed by atoms with E-state index in [1.807, 2.05) is 0 Å². The van der Waals surface area contributed by atoms with Crippen molar-refractivity contribution in [1.29, 1.82) is 0 Å². The summed E-state index contributed by atoms with van der Waals surface area (Å²) >= 11 is 0. The zero-order chi connectivity index (χ0) is 17.7. The molecule has 1 aromatic rings. The van der Waals surface area contributed by atoms with Crippen molar-refractivity contribution in [1.82, 2.24) is 4.90 Å². The Morgan fingerprint density at radius 2 is 2.12 bits per heavy atom. The predicted octanol–water partition coefficient (Wildman–Crippen LogP) is 1.26. The molecule has 1 aliphatic rings. The van der Waals surface area contributed by atoms with Gasteiger partial charge in [-0.3, -0.25) is 9.59 Å². The van der Waals surface area contributed by atoms with Gasteiger partial charge >= 0.3 is 0 Å². The van der Waals surface area contributed by atoms with Gasteiger partial charge in [0.1, 0.15) is 5.54 Å². The zero-order valence-corrected chi connectivity index (χ0v) is 14.0. The van der Waals surface area contributed by atoms with Crippen LogP contribution in [0.4, 0.5) is 4.39 Å². The van der Waals surface area contributed by atoms with Crippen molar-refractivity contribution >= 4 is 11.8 Å². The van der Waals surface area contributed by atoms with Gasteiger partial charge in [0.15, 0.2) is 11.6 Å². The smallest absolute Gasteiger partial charge is 0.245 e. The van der Waals surface area contributed by atoms with Crippen molar-refractivity contribution in [2.75, 3.05) is 27.4 Å². The third kappa shape index (κ3) is 3.36. The molecule has 2 N–H and O–H groups in total. The number of methoxy groups -OCH3 is 2. The summed E-state index contributed by atoms with van der Waals surface area (Å²) in [6.45, 7) is 0.521. The first kappa shape index (κ1) is 18.2. The molecule has 6 nitrogen and oxygen atoms in total. The first-order valence-corrected chi connectivity index (χ1v) is 7.87. The fourth-order valence-electron chi connectivity index (χ4n) is 3.24. The topological polar surface area (TPSA) is 81.9 Å². The Bertz CT molecular complexity index is 623. The van der Waals surface area contributed by atoms with Gasteiger partial charge in [-0.2, -0.15) is 0 Å². The molecule has 0 spiro atoms. The van der Waals surface area contributed by atoms with E-state index in [1.165, 1.54) is 25.2 Å². The van der Waals surface area contributed by atoms with Crippen LogP contribution in [0, 0.1) is 5.82 Å². The number of carbonyl (C=O) groups is 2. The van der Waals surface area contributed by atoms with E-state index in [1.54, 1.807) is 12.1 Å². The molecule has 2 rings (SSSR count). The molecule has 0 bridgehead atoms. The Morgan fingerprint density at radius 3 is 2.75 bits per heavy atom. The van der Waals surface area contributed by atoms with Crippen LogP contribution in [0.15, 0.2) is 18.2 Å². The van der Waals surface area contributed by atoms with Crippen LogP contribution in [-0.4, -0.2) is 49.6 Å². The van der Waals surface area contributed by atoms with E-state index >= 15 is 0 Å². The Morgan fingerprint density at radius 1 is 1.38 bits per heavy atom. The fraction of sp³-hybridized carbons (Fsp3) is 0.529. The SMILES string of the molecule is COCC1(C(N)=O)CCCN1C(=O)CCc1cccc(OC)c1F. The predicted molar refractivity (Wildman–Crippen MR) is 86.0 cm³/mol. The third-order valence-corrected chi connectivity index (χ3v) is 4.50. The number of benzene rings is 1. The van der Waals surface area contributed by atoms with Crippen molar-refractivity contribution in [2.45, 2.75) is 31.2 Å². The number of ether oxygens (including phenoxy) is 2. The molecule has 1 atom stereocenters. The van der Waals surface area contributed by atoms with Crippen LogP contribution in [0.3, 0.4) is 0 Å². The molecule has 0 radical (unpaired) electrons. The van der Waals surface area contributed by atoms with Gasteiger partial charge in [0.2, 0.25) is 11.8 Å². The van der Waals surface area contributed by atoms with Crippen LogP contribution in [0.25, 0.3) is 0 Å². The summed E-state index contributed by atoms with van der Waals surface area (Å²) in [6, 6.07) is 4.82. The molecule has 1 saturated heterocycles. The van der Waals surface area contributed by atoms with E-state index < -0.39 is 17.3 Å². The van der Waals surface area contributed by atoms with Gasteiger partial charge in [0.05, 0.1) is 13.7 Å². The highest BCUT2D eigenvalue weighted by molar-refractivity contribution is 5.91. The number of carbonyl (C=O) groups excluding carboxylic acids is 2. The highest BCUT2D eigenvalue weighted by atomic mass is 19.1. The summed E-state index contributed by atoms with van der Waals surface area (Å²) in [5.41, 5.74) is 4.83. The molecule has 132 valence electrons. The van der Waals surface area contributed by atoms with Gasteiger partial charge in [0.25, 0.3) is 0 Å². The number of rotatable bonds is 7. The number of nitrogens with zero attached hydrogens (tertiary/aromatic N) is 1. The van der Waals surface area contributed by atoms with Crippen LogP contribution in [0.2, 0.25) is 0 Å². The van der Waals surface area contributed by atoms with E-state index in [4.69, 9.17) is 15.2 Å². The number of halogens is 1. The molecule has 0 saturated carbocycles. The summed E-state index contributed by atoms with van der Waals surface area (Å²) in [7, 11) is 2.86. The maximum absolute atomic E-state index is 14.2. The van der Waals surface area contributed by atoms with Crippen LogP contribution in [0.5, 0.6) is 5.75 Å². The number of hydrogen-bond acceptors (Lipinski definition) is 4. The van der Waals surface area contributed by atoms with Crippen molar-refractivity contribution in [3.63, 3.8) is 0 Å². The lowest BCUT2D eigenvalue weighted by atomic mass is 9.95. The lowest BCUT2D eigenvalue weighted by molar-refractivity contribution is -0.146. The molecule has 1 heterocycles. The lowest BCUT2D eigenvalue weighted by Crippen LogP contribution is -2.58. The Hall–Kier alpha value is -2.15. The van der Waals surface area contributed by atoms with Crippen LogP contribution < -0.4 is 10.5 Å². The maximum atomic E-state index is 14.2. The van der Waals surface area contributed by atoms with Gasteiger partial charge in [-0.25, -0.2) is 4.39 Å². The van der Waals surface area contributed by atoms with Crippen LogP contribution in [-0.2, 0) is 20.7 Å². The monoisotopic (exact) mass is 338 g/mol. The molecule has 7 heteroatoms. The van der Waals surface area contributed by atoms with Crippen molar-refractivity contribution in [2.24, 2.45) is 5.73 Å². The fourth-order valence-corrected chi connectivity index (χ4v) is 3.24. The van der Waals surface area contributed by atoms with Crippen molar-refractivity contribution in [3.05, 3.63) is 29.6 Å². The first-order valence-electron chi connectivity index (χ1n) is 7.87. The van der Waals surface area contributed by atoms with Gasteiger partial charge in [-0.1, -0.05) is 12.1 Å². The Kier molecular flexibility index (Phi) is 5.77. The highest BCUT2D eigenvalue weighted by Gasteiger charge is 2.48. The molecular formula is C17H23FN2O4. The van der Waals surface area contributed by atoms with Gasteiger partial charge in [0, 0.05) is 20.1 Å². The number of hydrogen-bond donors (Lipinski definition) is 1. The molecule has 0 aliphatic carbocycles. The molecule has 1 unspecified atom stereocenters. The number of likely N-dealkylation sites (tertiary alicyclic amines) is 1. The van der Waals surface area contributed by atoms with Crippen molar-refractivity contribution in [3.8, 4) is 5.75 Å². The van der Waals surface area contributed by atoms with Crippen LogP contribution >= 0.6 is 0 Å². The van der Waals surface area contributed by atoms with Crippen LogP contribution in [0.1, 0.15) is 24.8 Å². The second-order valence-corrected chi connectivity index (χ2v) is 5.91. The molecule has 2 amide bonds. The Balaban J connectivity index is 2.10. The van der Waals surface area contributed by atoms with E-state index in [-0.39, 0.29) is 31.1 Å². The largest absolute Gasteiger partial charge is 0.494 e. The molecular weight excluding hydrogens is 315 g/mol. The Labute approximate surface area is 140 Å². The highest BCUT2D eigenvalue weighted by Crippen LogP contribution is 2.31. The van der Waals surface area contributed by atoms with Crippen molar-refractivity contribution < 1.29 is 23.5 Å². The van der Waals surface area contributed by atoms with E-state index in [0.717, 1.165) is 0 Å². The molecule has 1 fully saturated rings. The molecule has 0 aromatic heterocycles. The van der Waals surface area contributed by atoms with Gasteiger partial charge < -0.3 is 20.1 Å². The zero-order valence-electron chi connectivity index (χ0n) is 14.0. The summed E-state index contributed by atoms with van der Waals surface area (Å²) in [4.78, 5) is 26.0. The average molecular weight is 338 g/mol. The first-order chi connectivity index (χ1) is 11.5. The normalized spacial score (nSPS) is 20.2. The quantitative estimate of drug-likeness (QED) is 0.811. The van der Waals surface area contributed by atoms with E-state index in [9.17, 15) is 14.0 Å². The standard InChI is InChI=1S/C17H23FN2O4/c1-23-11-17(16(19)22)9-4-10-20(17)14(21)8-7-12-5-3-6-13(24-2)15(12)18/h3,5-6H,4,7-11H2,1-2H3,(H2,19,22). The minimum absolute atomic E-state index is 0.0710. The molecule has 1 aliphatic heterocycles. The molecule has 24 heavy (non-hydrogen) atoms. The maximum Gasteiger partial charge on any atom is 0.245 e. The van der Waals surface area contributed by atoms with E-state index in [2.05, 4.69) is 0 Å². The van der Waals surface area contributed by atoms with E-state index in [0.29, 0.717) is 24.9 Å². The lowest BCUT2D eigenvalue weighted by Gasteiger charge is -2.35. The van der Waals surface area contributed by atoms with Gasteiger partial charge in [-0.05, 0) is 30.9 Å². The number of primary amides is 1. The number of amides is 2. The second kappa shape index (κ2) is 7.61. The summed E-state index contributed by atoms with van der Waals surface area (Å²) in [5.74, 6) is -1.12. The van der Waals surface area contributed by atoms with Gasteiger partial charge in [-0.15, -0.1) is 0 Å².